The molecule has 1 heterocycles. The number of hydrogen-bond acceptors (Lipinski definition) is 2. The summed E-state index contributed by atoms with van der Waals surface area (Å²) in [4.78, 5) is 7.05. The van der Waals surface area contributed by atoms with Gasteiger partial charge < -0.3 is 15.5 Å². The molecule has 4 nitrogen and oxygen atoms in total. The third-order valence-corrected chi connectivity index (χ3v) is 5.76. The summed E-state index contributed by atoms with van der Waals surface area (Å²) >= 11 is 0. The van der Waals surface area contributed by atoms with Crippen molar-refractivity contribution in [2.75, 3.05) is 26.7 Å². The predicted octanol–water partition coefficient (Wildman–Crippen LogP) is 3.33. The number of piperidine rings is 1. The number of aryl methyl sites for hydroxylation is 1. The molecule has 0 spiro atoms. The highest BCUT2D eigenvalue weighted by molar-refractivity contribution is 5.79. The Hall–Kier alpha value is -1.62. The third-order valence-electron chi connectivity index (χ3n) is 5.76. The number of hydrogen-bond donors (Lipinski definition) is 2. The van der Waals surface area contributed by atoms with Gasteiger partial charge in [0, 0.05) is 38.8 Å². The summed E-state index contributed by atoms with van der Waals surface area (Å²) in [6.45, 7) is 3.26. The van der Waals surface area contributed by atoms with Gasteiger partial charge in [0.2, 0.25) is 0 Å². The molecule has 0 unspecified atom stereocenters. The Morgan fingerprint density at radius 1 is 1.19 bits per heavy atom. The minimum absolute atomic E-state index is 0.156. The molecule has 2 aliphatic rings. The minimum atomic E-state index is -0.156. The number of benzene rings is 1. The molecule has 1 aliphatic carbocycles. The average Bonchev–Trinajstić information content (AvgIpc) is 3.19. The Morgan fingerprint density at radius 3 is 2.65 bits per heavy atom. The van der Waals surface area contributed by atoms with Gasteiger partial charge in [-0.3, -0.25) is 4.99 Å². The van der Waals surface area contributed by atoms with Crippen LogP contribution < -0.4 is 10.6 Å². The standard InChI is InChI=1S/C21H33FN4/c1-23-21(24-13-5-7-17-6-4-8-18(22)16-17)25-19-11-14-26(15-12-19)20-9-2-3-10-20/h4,6,8,16,19-20H,2-3,5,7,9-15H2,1H3,(H2,23,24,25). The maximum absolute atomic E-state index is 13.2. The van der Waals surface area contributed by atoms with Gasteiger partial charge in [0.25, 0.3) is 0 Å². The quantitative estimate of drug-likeness (QED) is 0.464. The van der Waals surface area contributed by atoms with Crippen molar-refractivity contribution in [1.82, 2.24) is 15.5 Å². The SMILES string of the molecule is CN=C(NCCCc1cccc(F)c1)NC1CCN(C2CCCC2)CC1. The van der Waals surface area contributed by atoms with Crippen LogP contribution in [0.4, 0.5) is 4.39 Å². The van der Waals surface area contributed by atoms with Crippen LogP contribution in [-0.4, -0.2) is 49.6 Å². The summed E-state index contributed by atoms with van der Waals surface area (Å²) in [7, 11) is 1.83. The topological polar surface area (TPSA) is 39.7 Å². The van der Waals surface area contributed by atoms with E-state index in [0.29, 0.717) is 6.04 Å². The monoisotopic (exact) mass is 360 g/mol. The molecule has 1 saturated carbocycles. The Kier molecular flexibility index (Phi) is 7.30. The van der Waals surface area contributed by atoms with E-state index in [-0.39, 0.29) is 5.82 Å². The van der Waals surface area contributed by atoms with Gasteiger partial charge in [-0.25, -0.2) is 4.39 Å². The molecule has 0 aromatic heterocycles. The van der Waals surface area contributed by atoms with E-state index in [1.54, 1.807) is 12.1 Å². The molecule has 1 saturated heterocycles. The van der Waals surface area contributed by atoms with Crippen LogP contribution in [0.25, 0.3) is 0 Å². The van der Waals surface area contributed by atoms with Crippen molar-refractivity contribution >= 4 is 5.96 Å². The van der Waals surface area contributed by atoms with Crippen molar-refractivity contribution in [2.45, 2.75) is 63.5 Å². The van der Waals surface area contributed by atoms with Crippen LogP contribution in [0, 0.1) is 5.82 Å². The smallest absolute Gasteiger partial charge is 0.191 e. The number of guanidine groups is 1. The highest BCUT2D eigenvalue weighted by atomic mass is 19.1. The van der Waals surface area contributed by atoms with Crippen molar-refractivity contribution in [3.8, 4) is 0 Å². The summed E-state index contributed by atoms with van der Waals surface area (Å²) < 4.78 is 13.2. The zero-order chi connectivity index (χ0) is 18.2. The highest BCUT2D eigenvalue weighted by Crippen LogP contribution is 2.26. The van der Waals surface area contributed by atoms with Crippen molar-refractivity contribution in [2.24, 2.45) is 4.99 Å². The summed E-state index contributed by atoms with van der Waals surface area (Å²) in [6.07, 6.45) is 9.84. The number of nitrogens with one attached hydrogen (secondary N) is 2. The van der Waals surface area contributed by atoms with E-state index in [4.69, 9.17) is 0 Å². The first-order valence-corrected chi connectivity index (χ1v) is 10.2. The minimum Gasteiger partial charge on any atom is -0.356 e. The first kappa shape index (κ1) is 19.2. The van der Waals surface area contributed by atoms with Crippen LogP contribution in [0.2, 0.25) is 0 Å². The second-order valence-electron chi connectivity index (χ2n) is 7.63. The summed E-state index contributed by atoms with van der Waals surface area (Å²) in [5, 5.41) is 6.98. The lowest BCUT2D eigenvalue weighted by molar-refractivity contribution is 0.150. The van der Waals surface area contributed by atoms with Crippen LogP contribution in [-0.2, 0) is 6.42 Å². The van der Waals surface area contributed by atoms with Gasteiger partial charge in [0.1, 0.15) is 5.82 Å². The fourth-order valence-corrected chi connectivity index (χ4v) is 4.26. The molecular formula is C21H33FN4. The van der Waals surface area contributed by atoms with Gasteiger partial charge in [-0.15, -0.1) is 0 Å². The zero-order valence-corrected chi connectivity index (χ0v) is 16.0. The Balaban J connectivity index is 1.33. The van der Waals surface area contributed by atoms with E-state index in [0.717, 1.165) is 37.0 Å². The molecule has 144 valence electrons. The molecule has 0 bridgehead atoms. The molecule has 26 heavy (non-hydrogen) atoms. The van der Waals surface area contributed by atoms with Crippen LogP contribution in [0.5, 0.6) is 0 Å². The fourth-order valence-electron chi connectivity index (χ4n) is 4.26. The number of likely N-dealkylation sites (tertiary alicyclic amines) is 1. The molecule has 2 N–H and O–H groups in total. The molecule has 0 amide bonds. The number of nitrogens with zero attached hydrogens (tertiary/aromatic N) is 2. The van der Waals surface area contributed by atoms with E-state index in [1.165, 1.54) is 57.7 Å². The molecule has 1 aromatic rings. The lowest BCUT2D eigenvalue weighted by Crippen LogP contribution is -2.50. The Bertz CT molecular complexity index is 575. The fraction of sp³-hybridized carbons (Fsp3) is 0.667. The summed E-state index contributed by atoms with van der Waals surface area (Å²) in [6, 6.07) is 8.22. The van der Waals surface area contributed by atoms with Gasteiger partial charge in [-0.2, -0.15) is 0 Å². The zero-order valence-electron chi connectivity index (χ0n) is 16.0. The second kappa shape index (κ2) is 9.91. The Morgan fingerprint density at radius 2 is 1.96 bits per heavy atom. The van der Waals surface area contributed by atoms with E-state index in [9.17, 15) is 4.39 Å². The molecule has 2 fully saturated rings. The Labute approximate surface area is 157 Å². The van der Waals surface area contributed by atoms with Gasteiger partial charge in [0.05, 0.1) is 0 Å². The second-order valence-corrected chi connectivity index (χ2v) is 7.63. The van der Waals surface area contributed by atoms with Crippen molar-refractivity contribution in [3.63, 3.8) is 0 Å². The van der Waals surface area contributed by atoms with Crippen molar-refractivity contribution < 1.29 is 4.39 Å². The lowest BCUT2D eigenvalue weighted by Gasteiger charge is -2.36. The van der Waals surface area contributed by atoms with Gasteiger partial charge >= 0.3 is 0 Å². The maximum Gasteiger partial charge on any atom is 0.191 e. The van der Waals surface area contributed by atoms with E-state index >= 15 is 0 Å². The molecular weight excluding hydrogens is 327 g/mol. The highest BCUT2D eigenvalue weighted by Gasteiger charge is 2.27. The molecule has 0 atom stereocenters. The molecule has 0 radical (unpaired) electrons. The van der Waals surface area contributed by atoms with Crippen molar-refractivity contribution in [3.05, 3.63) is 35.6 Å². The predicted molar refractivity (Wildman–Crippen MR) is 106 cm³/mol. The normalized spacial score (nSPS) is 20.5. The van der Waals surface area contributed by atoms with Crippen LogP contribution in [0.1, 0.15) is 50.5 Å². The van der Waals surface area contributed by atoms with Crippen molar-refractivity contribution in [1.29, 1.82) is 0 Å². The third kappa shape index (κ3) is 5.70. The van der Waals surface area contributed by atoms with Crippen LogP contribution in [0.15, 0.2) is 29.3 Å². The molecule has 1 aliphatic heterocycles. The van der Waals surface area contributed by atoms with Gasteiger partial charge in [0.15, 0.2) is 5.96 Å². The summed E-state index contributed by atoms with van der Waals surface area (Å²) in [5.74, 6) is 0.737. The van der Waals surface area contributed by atoms with Crippen LogP contribution >= 0.6 is 0 Å². The van der Waals surface area contributed by atoms with E-state index in [1.807, 2.05) is 13.1 Å². The van der Waals surface area contributed by atoms with Gasteiger partial charge in [-0.05, 0) is 56.2 Å². The first-order valence-electron chi connectivity index (χ1n) is 10.2. The molecule has 1 aromatic carbocycles. The van der Waals surface area contributed by atoms with E-state index < -0.39 is 0 Å². The lowest BCUT2D eigenvalue weighted by atomic mass is 10.0. The van der Waals surface area contributed by atoms with E-state index in [2.05, 4.69) is 20.5 Å². The molecule has 5 heteroatoms. The number of rotatable bonds is 6. The van der Waals surface area contributed by atoms with Crippen LogP contribution in [0.3, 0.4) is 0 Å². The average molecular weight is 361 g/mol. The first-order chi connectivity index (χ1) is 12.7. The number of aliphatic imine (C=N–C) groups is 1. The molecule has 3 rings (SSSR count). The maximum atomic E-state index is 13.2. The summed E-state index contributed by atoms with van der Waals surface area (Å²) in [5.41, 5.74) is 1.05. The van der Waals surface area contributed by atoms with Gasteiger partial charge in [-0.1, -0.05) is 25.0 Å². The largest absolute Gasteiger partial charge is 0.356 e. The number of halogens is 1.